The Morgan fingerprint density at radius 2 is 1.15 bits per heavy atom. The van der Waals surface area contributed by atoms with Crippen molar-refractivity contribution in [2.75, 3.05) is 9.80 Å². The van der Waals surface area contributed by atoms with Gasteiger partial charge in [-0.25, -0.2) is 0 Å². The smallest absolute Gasteiger partial charge is 0.264 e. The Balaban J connectivity index is 1.12. The molecular formula is C68H71BN2S. The van der Waals surface area contributed by atoms with Gasteiger partial charge in [0.2, 0.25) is 0 Å². The summed E-state index contributed by atoms with van der Waals surface area (Å²) in [5.74, 6) is 0.518. The number of benzene rings is 7. The molecule has 5 aliphatic rings. The first-order valence-corrected chi connectivity index (χ1v) is 28.3. The Kier molecular flexibility index (Phi) is 10.6. The fourth-order valence-corrected chi connectivity index (χ4v) is 15.7. The van der Waals surface area contributed by atoms with E-state index in [0.717, 1.165) is 0 Å². The van der Waals surface area contributed by atoms with Crippen molar-refractivity contribution in [2.24, 2.45) is 0 Å². The number of rotatable bonds is 4. The fourth-order valence-electron chi connectivity index (χ4n) is 14.1. The van der Waals surface area contributed by atoms with Crippen molar-refractivity contribution >= 4 is 78.0 Å². The molecule has 72 heavy (non-hydrogen) atoms. The lowest BCUT2D eigenvalue weighted by molar-refractivity contribution is 0.353. The Bertz CT molecular complexity index is 3430. The molecule has 0 atom stereocenters. The highest BCUT2D eigenvalue weighted by atomic mass is 32.1. The molecule has 0 N–H and O–H groups in total. The maximum absolute atomic E-state index is 2.83. The predicted octanol–water partition coefficient (Wildman–Crippen LogP) is 17.8. The number of anilines is 6. The largest absolute Gasteiger partial charge is 0.311 e. The molecule has 362 valence electrons. The highest BCUT2D eigenvalue weighted by molar-refractivity contribution is 7.34. The minimum absolute atomic E-state index is 0.0199. The van der Waals surface area contributed by atoms with E-state index < -0.39 is 0 Å². The lowest BCUT2D eigenvalue weighted by atomic mass is 9.36. The average Bonchev–Trinajstić information content (AvgIpc) is 3.89. The van der Waals surface area contributed by atoms with E-state index >= 15 is 0 Å². The fraction of sp³-hybridized carbons (Fsp3) is 0.353. The first kappa shape index (κ1) is 46.0. The van der Waals surface area contributed by atoms with Crippen LogP contribution < -0.4 is 25.5 Å². The van der Waals surface area contributed by atoms with Crippen molar-refractivity contribution in [3.8, 4) is 22.3 Å². The van der Waals surface area contributed by atoms with Crippen molar-refractivity contribution in [1.29, 1.82) is 0 Å². The van der Waals surface area contributed by atoms with Gasteiger partial charge in [0.15, 0.2) is 0 Å². The van der Waals surface area contributed by atoms with Crippen LogP contribution in [0.3, 0.4) is 0 Å². The van der Waals surface area contributed by atoms with Crippen molar-refractivity contribution < 1.29 is 0 Å². The summed E-state index contributed by atoms with van der Waals surface area (Å²) >= 11 is 2.08. The van der Waals surface area contributed by atoms with Crippen LogP contribution in [0.15, 0.2) is 140 Å². The second-order valence-electron chi connectivity index (χ2n) is 25.4. The van der Waals surface area contributed by atoms with Crippen molar-refractivity contribution in [1.82, 2.24) is 0 Å². The predicted molar refractivity (Wildman–Crippen MR) is 313 cm³/mol. The van der Waals surface area contributed by atoms with E-state index in [4.69, 9.17) is 0 Å². The molecule has 2 saturated carbocycles. The molecule has 2 nitrogen and oxygen atoms in total. The molecule has 1 spiro atoms. The molecule has 0 bridgehead atoms. The number of fused-ring (bicyclic) bond motifs is 11. The van der Waals surface area contributed by atoms with Gasteiger partial charge in [-0.2, -0.15) is 0 Å². The number of nitrogens with zero attached hydrogens (tertiary/aromatic N) is 2. The van der Waals surface area contributed by atoms with E-state index in [9.17, 15) is 0 Å². The molecule has 3 heterocycles. The summed E-state index contributed by atoms with van der Waals surface area (Å²) in [6.07, 6.45) is 12.8. The number of thiophene rings is 1. The Labute approximate surface area is 434 Å². The summed E-state index contributed by atoms with van der Waals surface area (Å²) in [4.78, 5) is 5.52. The molecule has 0 amide bonds. The third-order valence-electron chi connectivity index (χ3n) is 17.9. The highest BCUT2D eigenvalue weighted by Gasteiger charge is 2.49. The monoisotopic (exact) mass is 959 g/mol. The van der Waals surface area contributed by atoms with E-state index in [0.29, 0.717) is 5.92 Å². The Morgan fingerprint density at radius 1 is 0.528 bits per heavy atom. The van der Waals surface area contributed by atoms with Gasteiger partial charge in [-0.1, -0.05) is 204 Å². The lowest BCUT2D eigenvalue weighted by Crippen LogP contribution is -2.60. The molecule has 13 rings (SSSR count). The molecule has 2 aliphatic heterocycles. The van der Waals surface area contributed by atoms with Crippen LogP contribution in [0, 0.1) is 0 Å². The van der Waals surface area contributed by atoms with E-state index in [1.54, 1.807) is 11.1 Å². The first-order chi connectivity index (χ1) is 34.6. The van der Waals surface area contributed by atoms with Crippen molar-refractivity contribution in [3.63, 3.8) is 0 Å². The van der Waals surface area contributed by atoms with Gasteiger partial charge < -0.3 is 9.80 Å². The first-order valence-electron chi connectivity index (χ1n) is 27.5. The van der Waals surface area contributed by atoms with Gasteiger partial charge in [0, 0.05) is 48.6 Å². The summed E-state index contributed by atoms with van der Waals surface area (Å²) in [6, 6.07) is 55.9. The van der Waals surface area contributed by atoms with E-state index in [1.807, 2.05) is 0 Å². The molecule has 0 unspecified atom stereocenters. The highest BCUT2D eigenvalue weighted by Crippen LogP contribution is 2.60. The zero-order valence-corrected chi connectivity index (χ0v) is 45.1. The van der Waals surface area contributed by atoms with Gasteiger partial charge in [-0.05, 0) is 145 Å². The van der Waals surface area contributed by atoms with E-state index in [2.05, 4.69) is 223 Å². The van der Waals surface area contributed by atoms with Crippen LogP contribution in [-0.4, -0.2) is 6.71 Å². The zero-order valence-electron chi connectivity index (χ0n) is 44.3. The minimum atomic E-state index is -0.0213. The van der Waals surface area contributed by atoms with Gasteiger partial charge in [-0.15, -0.1) is 11.3 Å². The summed E-state index contributed by atoms with van der Waals surface area (Å²) in [5, 5.41) is 1.38. The minimum Gasteiger partial charge on any atom is -0.311 e. The maximum Gasteiger partial charge on any atom is 0.264 e. The maximum atomic E-state index is 2.83. The van der Waals surface area contributed by atoms with E-state index in [1.165, 1.54) is 169 Å². The van der Waals surface area contributed by atoms with Gasteiger partial charge in [0.1, 0.15) is 0 Å². The number of hydrogen-bond acceptors (Lipinski definition) is 3. The molecule has 0 radical (unpaired) electrons. The molecule has 2 fully saturated rings. The molecule has 4 heteroatoms. The van der Waals surface area contributed by atoms with Crippen LogP contribution in [0.25, 0.3) is 32.3 Å². The van der Waals surface area contributed by atoms with Crippen LogP contribution in [0.2, 0.25) is 0 Å². The normalized spacial score (nSPS) is 17.2. The summed E-state index contributed by atoms with van der Waals surface area (Å²) in [6.45, 7) is 21.3. The van der Waals surface area contributed by atoms with Crippen LogP contribution in [0.5, 0.6) is 0 Å². The van der Waals surface area contributed by atoms with E-state index in [-0.39, 0.29) is 28.4 Å². The number of hydrogen-bond donors (Lipinski definition) is 0. The Hall–Kier alpha value is -5.84. The zero-order chi connectivity index (χ0) is 49.5. The molecular weight excluding hydrogens is 888 g/mol. The van der Waals surface area contributed by atoms with Gasteiger partial charge in [0.25, 0.3) is 6.71 Å². The van der Waals surface area contributed by atoms with Crippen molar-refractivity contribution in [3.05, 3.63) is 173 Å². The average molecular weight is 959 g/mol. The third-order valence-corrected chi connectivity index (χ3v) is 19.2. The third kappa shape index (κ3) is 7.08. The van der Waals surface area contributed by atoms with Gasteiger partial charge >= 0.3 is 0 Å². The van der Waals surface area contributed by atoms with Crippen LogP contribution >= 0.6 is 11.3 Å². The van der Waals surface area contributed by atoms with Gasteiger partial charge in [-0.3, -0.25) is 0 Å². The second kappa shape index (κ2) is 16.6. The van der Waals surface area contributed by atoms with Crippen molar-refractivity contribution in [2.45, 2.75) is 154 Å². The molecule has 7 aromatic carbocycles. The lowest BCUT2D eigenvalue weighted by Gasteiger charge is -2.44. The van der Waals surface area contributed by atoms with Crippen LogP contribution in [0.4, 0.5) is 34.1 Å². The summed E-state index contributed by atoms with van der Waals surface area (Å²) in [7, 11) is 0. The Morgan fingerprint density at radius 3 is 1.85 bits per heavy atom. The molecule has 8 aromatic rings. The topological polar surface area (TPSA) is 6.48 Å². The van der Waals surface area contributed by atoms with Crippen LogP contribution in [-0.2, 0) is 21.7 Å². The standard InChI is InChI=1S/C68H71BN2S/c1-65(2,3)47-32-28-44(29-33-47)45-30-35-49(36-31-45)70-57-42-48(66(4,5)6)34-37-55(57)69-61-58(70)40-46(43-20-12-10-13-21-43)41-59(61)71(62-51-23-18-26-54(67(7,8)9)63(51)72-64(62)69)56-27-19-25-53-60(56)50-22-14-15-24-52(50)68(53)38-16-11-17-39-68/h14-15,18-19,22-37,40-43H,10-13,16-17,20-21,38-39H2,1-9H3. The summed E-state index contributed by atoms with van der Waals surface area (Å²) < 4.78 is 2.90. The second-order valence-corrected chi connectivity index (χ2v) is 26.5. The SMILES string of the molecule is CC(C)(C)c1ccc(-c2ccc(N3c4cc(C(C)(C)C)ccc4B4c5sc6c(C(C)(C)C)cccc6c5N(c5cccc6c5-c5ccccc5C65CCCCC5)c5cc(C6CCCCC6)cc3c54)cc2)cc1. The molecule has 0 saturated heterocycles. The molecule has 1 aromatic heterocycles. The molecule has 3 aliphatic carbocycles. The summed E-state index contributed by atoms with van der Waals surface area (Å²) in [5.41, 5.74) is 25.1. The van der Waals surface area contributed by atoms with Gasteiger partial charge in [0.05, 0.1) is 11.4 Å². The van der Waals surface area contributed by atoms with Crippen LogP contribution in [0.1, 0.15) is 166 Å². The quantitative estimate of drug-likeness (QED) is 0.162.